The number of nitrogens with zero attached hydrogens (tertiary/aromatic N) is 3. The van der Waals surface area contributed by atoms with Crippen LogP contribution in [-0.4, -0.2) is 53.5 Å². The van der Waals surface area contributed by atoms with Crippen molar-refractivity contribution in [2.24, 2.45) is 0 Å². The molecule has 0 amide bonds. The molecule has 0 saturated carbocycles. The molecule has 3 rings (SSSR count). The molecule has 1 unspecified atom stereocenters. The van der Waals surface area contributed by atoms with E-state index in [0.29, 0.717) is 18.8 Å². The fourth-order valence-electron chi connectivity index (χ4n) is 3.09. The summed E-state index contributed by atoms with van der Waals surface area (Å²) >= 11 is 0. The minimum atomic E-state index is -3.42. The van der Waals surface area contributed by atoms with Gasteiger partial charge in [-0.3, -0.25) is 9.58 Å². The summed E-state index contributed by atoms with van der Waals surface area (Å²) in [5.74, 6) is 0. The highest BCUT2D eigenvalue weighted by Gasteiger charge is 2.20. The number of sulfonamides is 1. The Hall–Kier alpha value is -1.78. The molecular formula is C17H24N4O4S. The van der Waals surface area contributed by atoms with Crippen molar-refractivity contribution in [1.82, 2.24) is 19.4 Å². The lowest BCUT2D eigenvalue weighted by atomic mass is 10.2. The molecule has 0 saturated heterocycles. The topological polar surface area (TPSA) is 108 Å². The highest BCUT2D eigenvalue weighted by atomic mass is 32.2. The van der Waals surface area contributed by atoms with Crippen LogP contribution in [-0.2, 0) is 29.7 Å². The van der Waals surface area contributed by atoms with E-state index in [2.05, 4.69) is 14.7 Å². The van der Waals surface area contributed by atoms with Crippen molar-refractivity contribution in [3.05, 3.63) is 47.3 Å². The average molecular weight is 380 g/mol. The van der Waals surface area contributed by atoms with Gasteiger partial charge in [-0.15, -0.1) is 0 Å². The predicted molar refractivity (Wildman–Crippen MR) is 95.7 cm³/mol. The molecule has 0 spiro atoms. The smallest absolute Gasteiger partial charge is 0.240 e. The molecule has 1 aliphatic heterocycles. The van der Waals surface area contributed by atoms with Gasteiger partial charge in [0.1, 0.15) is 6.10 Å². The number of aromatic nitrogens is 2. The second-order valence-electron chi connectivity index (χ2n) is 6.40. The summed E-state index contributed by atoms with van der Waals surface area (Å²) in [7, 11) is -2.03. The zero-order chi connectivity index (χ0) is 18.7. The molecule has 2 heterocycles. The van der Waals surface area contributed by atoms with Crippen LogP contribution < -0.4 is 4.72 Å². The molecule has 142 valence electrons. The molecule has 3 N–H and O–H groups in total. The average Bonchev–Trinajstić information content (AvgIpc) is 2.95. The molecule has 0 aliphatic carbocycles. The van der Waals surface area contributed by atoms with E-state index in [-0.39, 0.29) is 11.5 Å². The van der Waals surface area contributed by atoms with Gasteiger partial charge < -0.3 is 10.2 Å². The first-order valence-electron chi connectivity index (χ1n) is 8.53. The maximum atomic E-state index is 11.8. The SMILES string of the molecule is CNS(=O)(=O)c1ccc(CN2CCCn3nc(C(O)CO)cc3C2)cc1. The quantitative estimate of drug-likeness (QED) is 0.662. The van der Waals surface area contributed by atoms with Gasteiger partial charge in [0, 0.05) is 26.2 Å². The van der Waals surface area contributed by atoms with Gasteiger partial charge in [0.25, 0.3) is 0 Å². The van der Waals surface area contributed by atoms with Gasteiger partial charge in [-0.05, 0) is 37.2 Å². The van der Waals surface area contributed by atoms with E-state index in [1.807, 2.05) is 22.9 Å². The zero-order valence-electron chi connectivity index (χ0n) is 14.7. The lowest BCUT2D eigenvalue weighted by Crippen LogP contribution is -2.23. The summed E-state index contributed by atoms with van der Waals surface area (Å²) < 4.78 is 27.8. The van der Waals surface area contributed by atoms with Crippen LogP contribution in [0.2, 0.25) is 0 Å². The van der Waals surface area contributed by atoms with Crippen molar-refractivity contribution >= 4 is 10.0 Å². The van der Waals surface area contributed by atoms with Gasteiger partial charge in [-0.25, -0.2) is 13.1 Å². The Labute approximate surface area is 153 Å². The molecule has 1 aromatic heterocycles. The van der Waals surface area contributed by atoms with Crippen molar-refractivity contribution < 1.29 is 18.6 Å². The molecule has 0 radical (unpaired) electrons. The maximum absolute atomic E-state index is 11.8. The number of aliphatic hydroxyl groups excluding tert-OH is 2. The Morgan fingerprint density at radius 3 is 2.65 bits per heavy atom. The Morgan fingerprint density at radius 2 is 2.00 bits per heavy atom. The first kappa shape index (κ1) is 19.0. The standard InChI is InChI=1S/C17H24N4O4S/c1-18-26(24,25)15-5-3-13(4-6-15)10-20-7-2-8-21-14(11-20)9-16(19-21)17(23)12-22/h3-6,9,17-18,22-23H,2,7-8,10-12H2,1H3. The third-order valence-electron chi connectivity index (χ3n) is 4.53. The minimum Gasteiger partial charge on any atom is -0.393 e. The van der Waals surface area contributed by atoms with Crippen molar-refractivity contribution in [2.45, 2.75) is 37.1 Å². The number of rotatable bonds is 6. The van der Waals surface area contributed by atoms with Crippen molar-refractivity contribution in [3.63, 3.8) is 0 Å². The lowest BCUT2D eigenvalue weighted by Gasteiger charge is -2.19. The third kappa shape index (κ3) is 4.13. The van der Waals surface area contributed by atoms with Crippen LogP contribution in [0, 0.1) is 0 Å². The number of hydrogen-bond donors (Lipinski definition) is 3. The van der Waals surface area contributed by atoms with Crippen LogP contribution in [0.15, 0.2) is 35.2 Å². The molecule has 1 aliphatic rings. The fraction of sp³-hybridized carbons (Fsp3) is 0.471. The lowest BCUT2D eigenvalue weighted by molar-refractivity contribution is 0.0916. The summed E-state index contributed by atoms with van der Waals surface area (Å²) in [6, 6.07) is 8.71. The number of nitrogens with one attached hydrogen (secondary N) is 1. The summed E-state index contributed by atoms with van der Waals surface area (Å²) in [6.45, 7) is 2.70. The van der Waals surface area contributed by atoms with Crippen LogP contribution in [0.3, 0.4) is 0 Å². The van der Waals surface area contributed by atoms with Gasteiger partial charge in [0.2, 0.25) is 10.0 Å². The highest BCUT2D eigenvalue weighted by Crippen LogP contribution is 2.20. The van der Waals surface area contributed by atoms with Crippen LogP contribution in [0.4, 0.5) is 0 Å². The summed E-state index contributed by atoms with van der Waals surface area (Å²) in [6.07, 6.45) is -0.0280. The number of benzene rings is 1. The van der Waals surface area contributed by atoms with E-state index in [9.17, 15) is 13.5 Å². The molecule has 0 bridgehead atoms. The van der Waals surface area contributed by atoms with Gasteiger partial charge in [0.15, 0.2) is 0 Å². The van der Waals surface area contributed by atoms with E-state index < -0.39 is 16.1 Å². The molecule has 2 aromatic rings. The molecule has 1 aromatic carbocycles. The van der Waals surface area contributed by atoms with Gasteiger partial charge in [-0.2, -0.15) is 5.10 Å². The molecular weight excluding hydrogens is 356 g/mol. The fourth-order valence-corrected chi connectivity index (χ4v) is 3.82. The zero-order valence-corrected chi connectivity index (χ0v) is 15.5. The molecule has 0 fully saturated rings. The number of aryl methyl sites for hydroxylation is 1. The van der Waals surface area contributed by atoms with Gasteiger partial charge >= 0.3 is 0 Å². The van der Waals surface area contributed by atoms with E-state index in [0.717, 1.165) is 30.8 Å². The molecule has 1 atom stereocenters. The van der Waals surface area contributed by atoms with Crippen LogP contribution in [0.5, 0.6) is 0 Å². The minimum absolute atomic E-state index is 0.250. The Kier molecular flexibility index (Phi) is 5.73. The van der Waals surface area contributed by atoms with E-state index >= 15 is 0 Å². The first-order valence-corrected chi connectivity index (χ1v) is 10.0. The number of fused-ring (bicyclic) bond motifs is 1. The van der Waals surface area contributed by atoms with E-state index in [4.69, 9.17) is 5.11 Å². The normalized spacial score (nSPS) is 16.9. The number of aliphatic hydroxyl groups is 2. The largest absolute Gasteiger partial charge is 0.393 e. The van der Waals surface area contributed by atoms with Crippen LogP contribution in [0.1, 0.15) is 29.5 Å². The Morgan fingerprint density at radius 1 is 1.27 bits per heavy atom. The maximum Gasteiger partial charge on any atom is 0.240 e. The molecule has 26 heavy (non-hydrogen) atoms. The summed E-state index contributed by atoms with van der Waals surface area (Å²) in [4.78, 5) is 2.51. The van der Waals surface area contributed by atoms with Gasteiger partial charge in [-0.1, -0.05) is 12.1 Å². The predicted octanol–water partition coefficient (Wildman–Crippen LogP) is 0.223. The number of hydrogen-bond acceptors (Lipinski definition) is 6. The van der Waals surface area contributed by atoms with Crippen LogP contribution >= 0.6 is 0 Å². The molecule has 9 heteroatoms. The Balaban J connectivity index is 1.71. The third-order valence-corrected chi connectivity index (χ3v) is 5.97. The van der Waals surface area contributed by atoms with E-state index in [1.54, 1.807) is 12.1 Å². The molecule has 8 nitrogen and oxygen atoms in total. The second-order valence-corrected chi connectivity index (χ2v) is 8.28. The second kappa shape index (κ2) is 7.85. The van der Waals surface area contributed by atoms with E-state index in [1.165, 1.54) is 7.05 Å². The Bertz CT molecular complexity index is 848. The summed E-state index contributed by atoms with van der Waals surface area (Å²) in [5.41, 5.74) is 2.52. The summed E-state index contributed by atoms with van der Waals surface area (Å²) in [5, 5.41) is 23.2. The van der Waals surface area contributed by atoms with Crippen molar-refractivity contribution in [3.8, 4) is 0 Å². The van der Waals surface area contributed by atoms with Crippen molar-refractivity contribution in [1.29, 1.82) is 0 Å². The monoisotopic (exact) mass is 380 g/mol. The van der Waals surface area contributed by atoms with Gasteiger partial charge in [0.05, 0.1) is 22.9 Å². The first-order chi connectivity index (χ1) is 12.4. The van der Waals surface area contributed by atoms with Crippen LogP contribution in [0.25, 0.3) is 0 Å². The van der Waals surface area contributed by atoms with Crippen molar-refractivity contribution in [2.75, 3.05) is 20.2 Å². The highest BCUT2D eigenvalue weighted by molar-refractivity contribution is 7.89.